The van der Waals surface area contributed by atoms with Crippen LogP contribution in [-0.2, 0) is 9.36 Å². The zero-order valence-electron chi connectivity index (χ0n) is 6.39. The van der Waals surface area contributed by atoms with Crippen LogP contribution in [0.3, 0.4) is 0 Å². The van der Waals surface area contributed by atoms with E-state index >= 15 is 0 Å². The lowest BCUT2D eigenvalue weighted by atomic mass is 10.3. The maximum absolute atomic E-state index is 10.6. The highest BCUT2D eigenvalue weighted by molar-refractivity contribution is 7.51. The van der Waals surface area contributed by atoms with E-state index in [-0.39, 0.29) is 0 Å². The summed E-state index contributed by atoms with van der Waals surface area (Å²) in [5.41, 5.74) is 1.35. The number of rotatable bonds is 4. The second kappa shape index (κ2) is 4.54. The van der Waals surface area contributed by atoms with Gasteiger partial charge in [0, 0.05) is 0 Å². The van der Waals surface area contributed by atoms with Gasteiger partial charge in [0.05, 0.1) is 12.3 Å². The van der Waals surface area contributed by atoms with Gasteiger partial charge in [0.2, 0.25) is 0 Å². The van der Waals surface area contributed by atoms with Gasteiger partial charge in [-0.3, -0.25) is 19.9 Å². The highest BCUT2D eigenvalue weighted by Crippen LogP contribution is 2.32. The number of hydrogen-bond acceptors (Lipinski definition) is 4. The van der Waals surface area contributed by atoms with Gasteiger partial charge in [0.25, 0.3) is 5.91 Å². The Labute approximate surface area is 68.9 Å². The molecule has 7 nitrogen and oxygen atoms in total. The molecule has 0 aromatic heterocycles. The van der Waals surface area contributed by atoms with Crippen LogP contribution >= 0.6 is 7.60 Å². The fourth-order valence-electron chi connectivity index (χ4n) is 0.445. The van der Waals surface area contributed by atoms with Gasteiger partial charge in [-0.05, 0) is 6.92 Å². The highest BCUT2D eigenvalue weighted by atomic mass is 31.2. The van der Waals surface area contributed by atoms with Crippen LogP contribution < -0.4 is 10.8 Å². The van der Waals surface area contributed by atoms with Crippen LogP contribution in [0.25, 0.3) is 0 Å². The quantitative estimate of drug-likeness (QED) is 0.215. The molecule has 5 N–H and O–H groups in total. The SMILES string of the molecule is CC(NCP(=O)(O)O)C(=O)NO. The molecule has 0 spiro atoms. The Balaban J connectivity index is 3.79. The van der Waals surface area contributed by atoms with Crippen molar-refractivity contribution in [2.75, 3.05) is 6.29 Å². The molecule has 0 aliphatic carbocycles. The summed E-state index contributed by atoms with van der Waals surface area (Å²) in [5, 5.41) is 10.3. The van der Waals surface area contributed by atoms with Gasteiger partial charge in [-0.2, -0.15) is 0 Å². The monoisotopic (exact) mass is 198 g/mol. The zero-order chi connectivity index (χ0) is 9.78. The number of hydrogen-bond donors (Lipinski definition) is 5. The lowest BCUT2D eigenvalue weighted by molar-refractivity contribution is -0.130. The van der Waals surface area contributed by atoms with Gasteiger partial charge in [0.15, 0.2) is 0 Å². The van der Waals surface area contributed by atoms with E-state index in [1.807, 2.05) is 0 Å². The zero-order valence-corrected chi connectivity index (χ0v) is 7.28. The summed E-state index contributed by atoms with van der Waals surface area (Å²) in [7, 11) is -4.14. The van der Waals surface area contributed by atoms with Gasteiger partial charge < -0.3 is 9.79 Å². The predicted octanol–water partition coefficient (Wildman–Crippen LogP) is -1.39. The molecular weight excluding hydrogens is 187 g/mol. The Bertz CT molecular complexity index is 202. The Morgan fingerprint density at radius 3 is 2.42 bits per heavy atom. The summed E-state index contributed by atoms with van der Waals surface area (Å²) in [6.07, 6.45) is -0.596. The highest BCUT2D eigenvalue weighted by Gasteiger charge is 2.17. The van der Waals surface area contributed by atoms with E-state index in [4.69, 9.17) is 15.0 Å². The number of nitrogens with one attached hydrogen (secondary N) is 2. The fraction of sp³-hybridized carbons (Fsp3) is 0.750. The Morgan fingerprint density at radius 2 is 2.08 bits per heavy atom. The Hall–Kier alpha value is -0.460. The molecule has 0 saturated carbocycles. The molecule has 0 bridgehead atoms. The van der Waals surface area contributed by atoms with Gasteiger partial charge in [-0.1, -0.05) is 0 Å². The van der Waals surface area contributed by atoms with Crippen LogP contribution in [0, 0.1) is 0 Å². The van der Waals surface area contributed by atoms with Gasteiger partial charge >= 0.3 is 7.60 Å². The molecule has 1 atom stereocenters. The first-order valence-corrected chi connectivity index (χ1v) is 4.88. The smallest absolute Gasteiger partial charge is 0.324 e. The molecule has 12 heavy (non-hydrogen) atoms. The second-order valence-electron chi connectivity index (χ2n) is 2.22. The molecule has 0 aliphatic rings. The Morgan fingerprint density at radius 1 is 1.58 bits per heavy atom. The topological polar surface area (TPSA) is 119 Å². The molecule has 1 unspecified atom stereocenters. The van der Waals surface area contributed by atoms with Crippen LogP contribution in [0.4, 0.5) is 0 Å². The standard InChI is InChI=1S/C4H11N2O5P/c1-3(4(7)6-8)5-2-12(9,10)11/h3,5,8H,2H2,1H3,(H,6,7)(H2,9,10,11). The summed E-state index contributed by atoms with van der Waals surface area (Å²) in [4.78, 5) is 27.3. The van der Waals surface area contributed by atoms with E-state index in [0.29, 0.717) is 0 Å². The molecule has 0 rings (SSSR count). The summed E-state index contributed by atoms with van der Waals surface area (Å²) < 4.78 is 10.3. The van der Waals surface area contributed by atoms with E-state index in [1.165, 1.54) is 12.4 Å². The van der Waals surface area contributed by atoms with Crippen LogP contribution in [0.15, 0.2) is 0 Å². The summed E-state index contributed by atoms with van der Waals surface area (Å²) in [6, 6.07) is -0.845. The van der Waals surface area contributed by atoms with Crippen molar-refractivity contribution in [3.63, 3.8) is 0 Å². The van der Waals surface area contributed by atoms with E-state index in [1.54, 1.807) is 0 Å². The number of carbonyl (C=O) groups is 1. The van der Waals surface area contributed by atoms with E-state index in [9.17, 15) is 9.36 Å². The fourth-order valence-corrected chi connectivity index (χ4v) is 0.957. The number of carbonyl (C=O) groups excluding carboxylic acids is 1. The van der Waals surface area contributed by atoms with Gasteiger partial charge in [0.1, 0.15) is 0 Å². The van der Waals surface area contributed by atoms with Crippen molar-refractivity contribution in [1.82, 2.24) is 10.8 Å². The molecule has 0 aromatic rings. The molecule has 1 amide bonds. The molecule has 0 saturated heterocycles. The molecule has 72 valence electrons. The van der Waals surface area contributed by atoms with Crippen molar-refractivity contribution in [3.05, 3.63) is 0 Å². The van der Waals surface area contributed by atoms with Crippen LogP contribution in [0.5, 0.6) is 0 Å². The summed E-state index contributed by atoms with van der Waals surface area (Å²) >= 11 is 0. The third kappa shape index (κ3) is 5.22. The lowest BCUT2D eigenvalue weighted by Crippen LogP contribution is -2.41. The van der Waals surface area contributed by atoms with Crippen molar-refractivity contribution in [1.29, 1.82) is 0 Å². The van der Waals surface area contributed by atoms with Crippen molar-refractivity contribution in [3.8, 4) is 0 Å². The molecule has 0 radical (unpaired) electrons. The normalized spacial score (nSPS) is 14.0. The molecule has 0 aromatic carbocycles. The van der Waals surface area contributed by atoms with Crippen molar-refractivity contribution < 1.29 is 24.4 Å². The van der Waals surface area contributed by atoms with Crippen molar-refractivity contribution in [2.45, 2.75) is 13.0 Å². The molecule has 0 fully saturated rings. The Kier molecular flexibility index (Phi) is 4.36. The predicted molar refractivity (Wildman–Crippen MR) is 39.4 cm³/mol. The van der Waals surface area contributed by atoms with Gasteiger partial charge in [-0.25, -0.2) is 5.48 Å². The first-order valence-electron chi connectivity index (χ1n) is 3.08. The molecule has 0 heterocycles. The average molecular weight is 198 g/mol. The third-order valence-corrected chi connectivity index (χ3v) is 1.70. The van der Waals surface area contributed by atoms with Crippen molar-refractivity contribution in [2.24, 2.45) is 0 Å². The van der Waals surface area contributed by atoms with Gasteiger partial charge in [-0.15, -0.1) is 0 Å². The van der Waals surface area contributed by atoms with E-state index < -0.39 is 25.8 Å². The largest absolute Gasteiger partial charge is 0.339 e. The lowest BCUT2D eigenvalue weighted by Gasteiger charge is -2.11. The van der Waals surface area contributed by atoms with Crippen LogP contribution in [-0.4, -0.2) is 33.2 Å². The molecule has 0 aliphatic heterocycles. The average Bonchev–Trinajstić information content (AvgIpc) is 1.97. The third-order valence-electron chi connectivity index (χ3n) is 1.11. The summed E-state index contributed by atoms with van der Waals surface area (Å²) in [6.45, 7) is 1.36. The minimum Gasteiger partial charge on any atom is -0.324 e. The first-order chi connectivity index (χ1) is 5.37. The molecular formula is C4H11N2O5P. The van der Waals surface area contributed by atoms with Crippen LogP contribution in [0.2, 0.25) is 0 Å². The van der Waals surface area contributed by atoms with E-state index in [0.717, 1.165) is 0 Å². The maximum Gasteiger partial charge on any atom is 0.339 e. The van der Waals surface area contributed by atoms with Crippen LogP contribution in [0.1, 0.15) is 6.92 Å². The molecule has 8 heteroatoms. The maximum atomic E-state index is 10.6. The minimum atomic E-state index is -4.14. The number of hydroxylamine groups is 1. The summed E-state index contributed by atoms with van der Waals surface area (Å²) in [5.74, 6) is -0.747. The van der Waals surface area contributed by atoms with Crippen molar-refractivity contribution >= 4 is 13.5 Å². The first kappa shape index (κ1) is 11.5. The number of amides is 1. The second-order valence-corrected chi connectivity index (χ2v) is 3.87. The minimum absolute atomic E-state index is 0.596. The van der Waals surface area contributed by atoms with E-state index in [2.05, 4.69) is 5.32 Å².